The number of rotatable bonds is 1. The minimum Gasteiger partial charge on any atom is -0.496 e. The molecule has 0 unspecified atom stereocenters. The third kappa shape index (κ3) is 1.32. The Bertz CT molecular complexity index is 770. The van der Waals surface area contributed by atoms with Gasteiger partial charge >= 0.3 is 5.69 Å². The number of hydrogen-bond donors (Lipinski definition) is 1. The number of nitrogens with one attached hydrogen (secondary N) is 1. The number of hydrogen-bond acceptors (Lipinski definition) is 3. The minimum absolute atomic E-state index is 0.242. The Morgan fingerprint density at radius 2 is 2.24 bits per heavy atom. The Balaban J connectivity index is 2.64. The fourth-order valence-corrected chi connectivity index (χ4v) is 2.07. The first kappa shape index (κ1) is 9.89. The van der Waals surface area contributed by atoms with Crippen molar-refractivity contribution in [3.05, 3.63) is 40.4 Å². The number of aromatic nitrogens is 3. The normalized spacial score (nSPS) is 11.2. The lowest BCUT2D eigenvalue weighted by Gasteiger charge is -2.05. The lowest BCUT2D eigenvalue weighted by molar-refractivity contribution is 0.420. The monoisotopic (exact) mass is 229 g/mol. The van der Waals surface area contributed by atoms with E-state index in [4.69, 9.17) is 4.74 Å². The molecule has 0 spiro atoms. The van der Waals surface area contributed by atoms with Crippen LogP contribution in [0.25, 0.3) is 16.4 Å². The minimum atomic E-state index is -0.242. The van der Waals surface area contributed by atoms with Crippen molar-refractivity contribution in [2.24, 2.45) is 0 Å². The molecule has 2 heterocycles. The molecule has 5 heteroatoms. The van der Waals surface area contributed by atoms with Crippen molar-refractivity contribution in [3.8, 4) is 5.75 Å². The molecule has 0 saturated carbocycles. The van der Waals surface area contributed by atoms with Crippen LogP contribution in [0.2, 0.25) is 0 Å². The number of H-pyrrole nitrogens is 1. The summed E-state index contributed by atoms with van der Waals surface area (Å²) in [6, 6.07) is 7.43. The lowest BCUT2D eigenvalue weighted by atomic mass is 10.2. The van der Waals surface area contributed by atoms with Crippen molar-refractivity contribution < 1.29 is 4.74 Å². The summed E-state index contributed by atoms with van der Waals surface area (Å²) in [6.07, 6.45) is 0. The highest BCUT2D eigenvalue weighted by Gasteiger charge is 2.10. The van der Waals surface area contributed by atoms with E-state index in [1.165, 1.54) is 4.52 Å². The Morgan fingerprint density at radius 1 is 1.41 bits per heavy atom. The Kier molecular flexibility index (Phi) is 1.95. The zero-order valence-electron chi connectivity index (χ0n) is 9.52. The predicted octanol–water partition coefficient (Wildman–Crippen LogP) is 1.49. The molecule has 0 aliphatic rings. The van der Waals surface area contributed by atoms with E-state index < -0.39 is 0 Å². The molecule has 0 radical (unpaired) electrons. The zero-order chi connectivity index (χ0) is 12.0. The van der Waals surface area contributed by atoms with E-state index in [9.17, 15) is 4.79 Å². The van der Waals surface area contributed by atoms with Crippen molar-refractivity contribution in [2.75, 3.05) is 7.11 Å². The maximum absolute atomic E-state index is 11.8. The average molecular weight is 229 g/mol. The highest BCUT2D eigenvalue weighted by Crippen LogP contribution is 2.27. The van der Waals surface area contributed by atoms with Gasteiger partial charge in [0.1, 0.15) is 5.75 Å². The van der Waals surface area contributed by atoms with E-state index in [0.29, 0.717) is 0 Å². The second-order valence-electron chi connectivity index (χ2n) is 3.90. The number of methoxy groups -OCH3 is 1. The van der Waals surface area contributed by atoms with Crippen LogP contribution in [0.15, 0.2) is 29.1 Å². The van der Waals surface area contributed by atoms with Crippen LogP contribution in [0.5, 0.6) is 5.75 Å². The molecule has 0 aliphatic heterocycles. The number of benzene rings is 1. The maximum atomic E-state index is 11.8. The van der Waals surface area contributed by atoms with Crippen molar-refractivity contribution in [2.45, 2.75) is 6.92 Å². The van der Waals surface area contributed by atoms with Crippen molar-refractivity contribution in [1.82, 2.24) is 14.6 Å². The van der Waals surface area contributed by atoms with Crippen LogP contribution in [-0.2, 0) is 0 Å². The van der Waals surface area contributed by atoms with E-state index >= 15 is 0 Å². The third-order valence-corrected chi connectivity index (χ3v) is 2.77. The van der Waals surface area contributed by atoms with E-state index in [1.807, 2.05) is 31.2 Å². The standard InChI is InChI=1S/C12H11N3O2/c1-7-6-9-11-8(4-3-5-10(11)17-2)13-12(16)15(9)14-7/h3-6H,1-2H3,(H,13,16). The number of nitrogens with zero attached hydrogens (tertiary/aromatic N) is 2. The van der Waals surface area contributed by atoms with Crippen LogP contribution in [0.1, 0.15) is 5.69 Å². The average Bonchev–Trinajstić information content (AvgIpc) is 2.70. The number of fused-ring (bicyclic) bond motifs is 3. The molecule has 1 aromatic carbocycles. The van der Waals surface area contributed by atoms with Crippen LogP contribution >= 0.6 is 0 Å². The Labute approximate surface area is 96.6 Å². The molecule has 0 atom stereocenters. The smallest absolute Gasteiger partial charge is 0.347 e. The first-order valence-corrected chi connectivity index (χ1v) is 5.26. The molecule has 0 aliphatic carbocycles. The summed E-state index contributed by atoms with van der Waals surface area (Å²) in [5, 5.41) is 5.03. The predicted molar refractivity (Wildman–Crippen MR) is 64.6 cm³/mol. The van der Waals surface area contributed by atoms with Crippen molar-refractivity contribution in [1.29, 1.82) is 0 Å². The fraction of sp³-hybridized carbons (Fsp3) is 0.167. The summed E-state index contributed by atoms with van der Waals surface area (Å²) in [6.45, 7) is 1.85. The molecule has 2 aromatic heterocycles. The molecule has 0 bridgehead atoms. The van der Waals surface area contributed by atoms with E-state index in [2.05, 4.69) is 10.1 Å². The molecule has 1 N–H and O–H groups in total. The first-order valence-electron chi connectivity index (χ1n) is 5.26. The van der Waals surface area contributed by atoms with Crippen LogP contribution < -0.4 is 10.4 Å². The second kappa shape index (κ2) is 3.35. The van der Waals surface area contributed by atoms with Gasteiger partial charge in [0.25, 0.3) is 0 Å². The van der Waals surface area contributed by atoms with Crippen LogP contribution in [0, 0.1) is 6.92 Å². The molecule has 5 nitrogen and oxygen atoms in total. The third-order valence-electron chi connectivity index (χ3n) is 2.77. The summed E-state index contributed by atoms with van der Waals surface area (Å²) in [5.74, 6) is 0.726. The lowest BCUT2D eigenvalue weighted by Crippen LogP contribution is -2.17. The topological polar surface area (TPSA) is 59.4 Å². The SMILES string of the molecule is COc1cccc2[nH]c(=O)n3nc(C)cc3c12. The molecule has 3 rings (SSSR count). The van der Waals surface area contributed by atoms with Gasteiger partial charge in [-0.05, 0) is 25.1 Å². The highest BCUT2D eigenvalue weighted by atomic mass is 16.5. The number of ether oxygens (including phenoxy) is 1. The van der Waals surface area contributed by atoms with Gasteiger partial charge in [-0.2, -0.15) is 9.61 Å². The Hall–Kier alpha value is -2.30. The number of aryl methyl sites for hydroxylation is 1. The molecule has 86 valence electrons. The van der Waals surface area contributed by atoms with Gasteiger partial charge in [0.05, 0.1) is 29.2 Å². The second-order valence-corrected chi connectivity index (χ2v) is 3.90. The quantitative estimate of drug-likeness (QED) is 0.687. The van der Waals surface area contributed by atoms with Crippen molar-refractivity contribution in [3.63, 3.8) is 0 Å². The first-order chi connectivity index (χ1) is 8.20. The molecule has 0 saturated heterocycles. The van der Waals surface area contributed by atoms with Gasteiger partial charge in [0.15, 0.2) is 0 Å². The summed E-state index contributed by atoms with van der Waals surface area (Å²) in [7, 11) is 1.61. The van der Waals surface area contributed by atoms with E-state index in [-0.39, 0.29) is 5.69 Å². The summed E-state index contributed by atoms with van der Waals surface area (Å²) < 4.78 is 6.68. The molecule has 0 amide bonds. The number of aromatic amines is 1. The summed E-state index contributed by atoms with van der Waals surface area (Å²) in [5.41, 5.74) is 2.07. The maximum Gasteiger partial charge on any atom is 0.347 e. The Morgan fingerprint density at radius 3 is 3.00 bits per heavy atom. The molecule has 17 heavy (non-hydrogen) atoms. The van der Waals surface area contributed by atoms with Crippen molar-refractivity contribution >= 4 is 16.4 Å². The molecule has 3 aromatic rings. The van der Waals surface area contributed by atoms with Crippen LogP contribution in [-0.4, -0.2) is 21.7 Å². The largest absolute Gasteiger partial charge is 0.496 e. The van der Waals surface area contributed by atoms with Gasteiger partial charge in [0.2, 0.25) is 0 Å². The van der Waals surface area contributed by atoms with Gasteiger partial charge in [-0.15, -0.1) is 0 Å². The summed E-state index contributed by atoms with van der Waals surface area (Å²) >= 11 is 0. The van der Waals surface area contributed by atoms with Crippen LogP contribution in [0.4, 0.5) is 0 Å². The van der Waals surface area contributed by atoms with Gasteiger partial charge in [-0.3, -0.25) is 0 Å². The highest BCUT2D eigenvalue weighted by molar-refractivity contribution is 5.98. The zero-order valence-corrected chi connectivity index (χ0v) is 9.52. The van der Waals surface area contributed by atoms with E-state index in [0.717, 1.165) is 27.9 Å². The van der Waals surface area contributed by atoms with Gasteiger partial charge < -0.3 is 9.72 Å². The summed E-state index contributed by atoms with van der Waals surface area (Å²) in [4.78, 5) is 14.6. The molecular weight excluding hydrogens is 218 g/mol. The molecular formula is C12H11N3O2. The van der Waals surface area contributed by atoms with Gasteiger partial charge in [-0.1, -0.05) is 6.07 Å². The van der Waals surface area contributed by atoms with E-state index in [1.54, 1.807) is 7.11 Å². The fourth-order valence-electron chi connectivity index (χ4n) is 2.07. The van der Waals surface area contributed by atoms with Crippen LogP contribution in [0.3, 0.4) is 0 Å². The van der Waals surface area contributed by atoms with Gasteiger partial charge in [0, 0.05) is 0 Å². The van der Waals surface area contributed by atoms with Gasteiger partial charge in [-0.25, -0.2) is 4.79 Å². The molecule has 0 fully saturated rings.